The van der Waals surface area contributed by atoms with Crippen molar-refractivity contribution in [2.45, 2.75) is 44.2 Å². The molecule has 2 aromatic rings. The molecule has 0 heterocycles. The molecular formula is C24H28Zr. The molecule has 0 bridgehead atoms. The average Bonchev–Trinajstić information content (AvgIpc) is 3.20. The summed E-state index contributed by atoms with van der Waals surface area (Å²) < 4.78 is 6.66. The summed E-state index contributed by atoms with van der Waals surface area (Å²) in [5.41, 5.74) is 12.1. The van der Waals surface area contributed by atoms with Gasteiger partial charge in [-0.05, 0) is 0 Å². The van der Waals surface area contributed by atoms with Gasteiger partial charge in [-0.25, -0.2) is 0 Å². The zero-order valence-electron chi connectivity index (χ0n) is 16.3. The second-order valence-electron chi connectivity index (χ2n) is 8.55. The molecule has 0 aliphatic heterocycles. The molecule has 1 heteroatoms. The minimum absolute atomic E-state index is 0.671. The minimum atomic E-state index is -2.52. The van der Waals surface area contributed by atoms with Gasteiger partial charge >= 0.3 is 158 Å². The van der Waals surface area contributed by atoms with E-state index in [0.29, 0.717) is 7.25 Å². The number of allylic oxidation sites excluding steroid dienone is 2. The molecule has 2 unspecified atom stereocenters. The topological polar surface area (TPSA) is 0 Å². The van der Waals surface area contributed by atoms with Gasteiger partial charge < -0.3 is 0 Å². The molecule has 0 saturated heterocycles. The van der Waals surface area contributed by atoms with Crippen molar-refractivity contribution < 1.29 is 20.3 Å². The van der Waals surface area contributed by atoms with Gasteiger partial charge in [0.05, 0.1) is 0 Å². The van der Waals surface area contributed by atoms with E-state index in [2.05, 4.69) is 85.5 Å². The van der Waals surface area contributed by atoms with Crippen LogP contribution in [0.5, 0.6) is 0 Å². The van der Waals surface area contributed by atoms with Gasteiger partial charge in [-0.15, -0.1) is 0 Å². The predicted octanol–water partition coefficient (Wildman–Crippen LogP) is 7.01. The van der Waals surface area contributed by atoms with Gasteiger partial charge in [-0.1, -0.05) is 0 Å². The van der Waals surface area contributed by atoms with E-state index in [9.17, 15) is 0 Å². The van der Waals surface area contributed by atoms with Crippen molar-refractivity contribution in [2.75, 3.05) is 0 Å². The van der Waals surface area contributed by atoms with E-state index in [1.807, 2.05) is 0 Å². The first-order valence-corrected chi connectivity index (χ1v) is 17.1. The molecule has 0 amide bonds. The van der Waals surface area contributed by atoms with Gasteiger partial charge in [0, 0.05) is 0 Å². The molecular weight excluding hydrogens is 379 g/mol. The van der Waals surface area contributed by atoms with Crippen molar-refractivity contribution in [3.8, 4) is 0 Å². The molecule has 0 aromatic heterocycles. The Morgan fingerprint density at radius 3 is 1.36 bits per heavy atom. The first-order valence-electron chi connectivity index (χ1n) is 9.39. The summed E-state index contributed by atoms with van der Waals surface area (Å²) in [6.45, 7) is 9.11. The van der Waals surface area contributed by atoms with E-state index in [4.69, 9.17) is 0 Å². The molecule has 2 atom stereocenters. The normalized spacial score (nSPS) is 20.9. The molecule has 25 heavy (non-hydrogen) atoms. The Balaban J connectivity index is 1.84. The van der Waals surface area contributed by atoms with Gasteiger partial charge in [0.2, 0.25) is 0 Å². The summed E-state index contributed by atoms with van der Waals surface area (Å²) in [7, 11) is 0. The second-order valence-corrected chi connectivity index (χ2v) is 20.6. The van der Waals surface area contributed by atoms with E-state index in [1.54, 1.807) is 11.1 Å². The predicted molar refractivity (Wildman–Crippen MR) is 107 cm³/mol. The van der Waals surface area contributed by atoms with Crippen LogP contribution < -0.4 is 0 Å². The van der Waals surface area contributed by atoms with Gasteiger partial charge in [0.25, 0.3) is 0 Å². The Kier molecular flexibility index (Phi) is 4.08. The first kappa shape index (κ1) is 17.2. The molecule has 128 valence electrons. The Morgan fingerprint density at radius 1 is 0.600 bits per heavy atom. The summed E-state index contributed by atoms with van der Waals surface area (Å²) in [6, 6.07) is 9.21. The molecule has 0 spiro atoms. The molecule has 4 rings (SSSR count). The van der Waals surface area contributed by atoms with E-state index < -0.39 is 20.3 Å². The Morgan fingerprint density at radius 2 is 0.960 bits per heavy atom. The maximum absolute atomic E-state index is 2.66. The van der Waals surface area contributed by atoms with Gasteiger partial charge in [0.15, 0.2) is 0 Å². The Hall–Kier alpha value is -1.20. The van der Waals surface area contributed by atoms with Crippen LogP contribution in [0.2, 0.25) is 9.26 Å². The second kappa shape index (κ2) is 5.92. The van der Waals surface area contributed by atoms with Crippen LogP contribution in [0.25, 0.3) is 12.2 Å². The van der Waals surface area contributed by atoms with Crippen molar-refractivity contribution in [3.05, 3.63) is 80.9 Å². The molecule has 2 aliphatic carbocycles. The summed E-state index contributed by atoms with van der Waals surface area (Å²) in [6.07, 6.45) is 9.89. The van der Waals surface area contributed by atoms with E-state index >= 15 is 0 Å². The van der Waals surface area contributed by atoms with Crippen LogP contribution in [-0.4, -0.2) is 0 Å². The SMILES string of the molecule is Cc1ccc(C)c2c1C=C[CH]2[Zr]([CH3])([CH3])[CH]1C=Cc2c(C)ccc(C)c21. The van der Waals surface area contributed by atoms with Crippen LogP contribution in [0, 0.1) is 27.7 Å². The number of benzene rings is 2. The molecule has 2 aliphatic rings. The monoisotopic (exact) mass is 406 g/mol. The third-order valence-corrected chi connectivity index (χ3v) is 16.8. The number of hydrogen-bond donors (Lipinski definition) is 0. The molecule has 0 fully saturated rings. The number of aryl methyl sites for hydroxylation is 4. The molecule has 0 N–H and O–H groups in total. The third-order valence-electron chi connectivity index (χ3n) is 6.58. The van der Waals surface area contributed by atoms with Gasteiger partial charge in [-0.3, -0.25) is 0 Å². The van der Waals surface area contributed by atoms with E-state index in [0.717, 1.165) is 0 Å². The summed E-state index contributed by atoms with van der Waals surface area (Å²) in [5.74, 6) is 0. The summed E-state index contributed by atoms with van der Waals surface area (Å²) in [5, 5.41) is 0. The molecule has 0 radical (unpaired) electrons. The van der Waals surface area contributed by atoms with Crippen LogP contribution in [0.4, 0.5) is 0 Å². The van der Waals surface area contributed by atoms with E-state index in [-0.39, 0.29) is 0 Å². The summed E-state index contributed by atoms with van der Waals surface area (Å²) >= 11 is -2.52. The molecule has 2 aromatic carbocycles. The fourth-order valence-corrected chi connectivity index (χ4v) is 14.4. The fourth-order valence-electron chi connectivity index (χ4n) is 4.99. The van der Waals surface area contributed by atoms with Gasteiger partial charge in [-0.2, -0.15) is 0 Å². The van der Waals surface area contributed by atoms with Crippen molar-refractivity contribution in [2.24, 2.45) is 0 Å². The van der Waals surface area contributed by atoms with Crippen LogP contribution in [0.15, 0.2) is 36.4 Å². The molecule has 0 nitrogen and oxygen atoms in total. The van der Waals surface area contributed by atoms with Crippen LogP contribution in [0.1, 0.15) is 51.8 Å². The van der Waals surface area contributed by atoms with Crippen LogP contribution in [-0.2, 0) is 20.3 Å². The number of fused-ring (bicyclic) bond motifs is 2. The van der Waals surface area contributed by atoms with Crippen molar-refractivity contribution in [1.29, 1.82) is 0 Å². The third kappa shape index (κ3) is 2.50. The molecule has 0 saturated carbocycles. The zero-order chi connectivity index (χ0) is 17.9. The maximum atomic E-state index is 2.66. The van der Waals surface area contributed by atoms with Crippen molar-refractivity contribution >= 4 is 12.2 Å². The van der Waals surface area contributed by atoms with Crippen LogP contribution in [0.3, 0.4) is 0 Å². The Bertz CT molecular complexity index is 852. The van der Waals surface area contributed by atoms with Gasteiger partial charge in [0.1, 0.15) is 0 Å². The van der Waals surface area contributed by atoms with Crippen molar-refractivity contribution in [3.63, 3.8) is 0 Å². The first-order chi connectivity index (χ1) is 11.8. The number of hydrogen-bond acceptors (Lipinski definition) is 0. The van der Waals surface area contributed by atoms with Crippen molar-refractivity contribution in [1.82, 2.24) is 0 Å². The quantitative estimate of drug-likeness (QED) is 0.502. The zero-order valence-corrected chi connectivity index (χ0v) is 18.7. The fraction of sp³-hybridized carbons (Fsp3) is 0.333. The average molecular weight is 408 g/mol. The number of rotatable bonds is 2. The standard InChI is InChI=1S/2C11H11.2CH3.Zr/c2*1-8-6-7-9(2)11-5-3-4-10(8)11;;;/h2*3-7H,1-2H3;2*1H3;. The van der Waals surface area contributed by atoms with Crippen LogP contribution >= 0.6 is 0 Å². The Labute approximate surface area is 157 Å². The summed E-state index contributed by atoms with van der Waals surface area (Å²) in [4.78, 5) is 0. The van der Waals surface area contributed by atoms with E-state index in [1.165, 1.54) is 33.4 Å².